The fourth-order valence-corrected chi connectivity index (χ4v) is 2.37. The SMILES string of the molecule is Cc1cccc(/C=N\NC(=O)c2ccc3[nH]c(=S)[nH]c3c2)c1. The van der Waals surface area contributed by atoms with Gasteiger partial charge in [0.1, 0.15) is 0 Å². The van der Waals surface area contributed by atoms with E-state index in [1.807, 2.05) is 31.2 Å². The van der Waals surface area contributed by atoms with Gasteiger partial charge in [-0.2, -0.15) is 5.10 Å². The molecule has 0 aliphatic carbocycles. The third-order valence-corrected chi connectivity index (χ3v) is 3.40. The molecule has 1 aromatic heterocycles. The van der Waals surface area contributed by atoms with Crippen LogP contribution in [0.1, 0.15) is 21.5 Å². The molecule has 5 nitrogen and oxygen atoms in total. The zero-order valence-corrected chi connectivity index (χ0v) is 12.7. The molecule has 0 unspecified atom stereocenters. The Balaban J connectivity index is 1.74. The molecule has 3 aromatic rings. The first-order valence-corrected chi connectivity index (χ1v) is 7.15. The minimum absolute atomic E-state index is 0.272. The summed E-state index contributed by atoms with van der Waals surface area (Å²) in [6.45, 7) is 2.01. The Morgan fingerprint density at radius 1 is 1.18 bits per heavy atom. The molecule has 110 valence electrons. The Labute approximate surface area is 132 Å². The van der Waals surface area contributed by atoms with E-state index in [0.29, 0.717) is 10.3 Å². The Bertz CT molecular complexity index is 923. The number of H-pyrrole nitrogens is 2. The van der Waals surface area contributed by atoms with Crippen LogP contribution in [-0.2, 0) is 0 Å². The van der Waals surface area contributed by atoms with Gasteiger partial charge in [0, 0.05) is 5.56 Å². The summed E-state index contributed by atoms with van der Waals surface area (Å²) in [5.41, 5.74) is 6.77. The lowest BCUT2D eigenvalue weighted by molar-refractivity contribution is 0.0955. The van der Waals surface area contributed by atoms with Crippen molar-refractivity contribution in [1.29, 1.82) is 0 Å². The first-order valence-electron chi connectivity index (χ1n) is 6.74. The van der Waals surface area contributed by atoms with Crippen molar-refractivity contribution in [1.82, 2.24) is 15.4 Å². The number of aromatic amines is 2. The number of carbonyl (C=O) groups is 1. The lowest BCUT2D eigenvalue weighted by Crippen LogP contribution is -2.17. The van der Waals surface area contributed by atoms with Crippen molar-refractivity contribution in [2.24, 2.45) is 5.10 Å². The van der Waals surface area contributed by atoms with E-state index in [4.69, 9.17) is 12.2 Å². The molecule has 0 spiro atoms. The molecule has 2 aromatic carbocycles. The third kappa shape index (κ3) is 3.12. The molecule has 0 radical (unpaired) electrons. The molecule has 0 aliphatic rings. The Hall–Kier alpha value is -2.73. The zero-order chi connectivity index (χ0) is 15.5. The lowest BCUT2D eigenvalue weighted by Gasteiger charge is -2.00. The van der Waals surface area contributed by atoms with Crippen LogP contribution in [-0.4, -0.2) is 22.1 Å². The average Bonchev–Trinajstić information content (AvgIpc) is 2.86. The molecular formula is C16H14N4OS. The van der Waals surface area contributed by atoms with Gasteiger partial charge in [0.25, 0.3) is 5.91 Å². The molecule has 1 amide bonds. The number of fused-ring (bicyclic) bond motifs is 1. The van der Waals surface area contributed by atoms with Crippen LogP contribution in [0.25, 0.3) is 11.0 Å². The minimum Gasteiger partial charge on any atom is -0.331 e. The first kappa shape index (κ1) is 14.2. The van der Waals surface area contributed by atoms with Gasteiger partial charge in [0.05, 0.1) is 17.2 Å². The molecule has 0 saturated carbocycles. The number of carbonyl (C=O) groups excluding carboxylic acids is 1. The quantitative estimate of drug-likeness (QED) is 0.394. The fourth-order valence-electron chi connectivity index (χ4n) is 2.15. The molecule has 1 heterocycles. The number of aromatic nitrogens is 2. The summed E-state index contributed by atoms with van der Waals surface area (Å²) in [4.78, 5) is 18.1. The van der Waals surface area contributed by atoms with Gasteiger partial charge in [-0.05, 0) is 42.9 Å². The molecule has 0 atom stereocenters. The van der Waals surface area contributed by atoms with E-state index in [2.05, 4.69) is 20.5 Å². The normalized spacial score (nSPS) is 11.1. The van der Waals surface area contributed by atoms with Gasteiger partial charge >= 0.3 is 0 Å². The molecule has 0 aliphatic heterocycles. The summed E-state index contributed by atoms with van der Waals surface area (Å²) in [5.74, 6) is -0.272. The predicted molar refractivity (Wildman–Crippen MR) is 89.7 cm³/mol. The van der Waals surface area contributed by atoms with Gasteiger partial charge in [0.2, 0.25) is 0 Å². The number of amides is 1. The van der Waals surface area contributed by atoms with Gasteiger partial charge in [-0.25, -0.2) is 5.43 Å². The standard InChI is InChI=1S/C16H14N4OS/c1-10-3-2-4-11(7-10)9-17-20-15(21)12-5-6-13-14(8-12)19-16(22)18-13/h2-9H,1H3,(H,20,21)(H2,18,19,22)/b17-9-. The molecule has 3 rings (SSSR count). The molecule has 0 bridgehead atoms. The van der Waals surface area contributed by atoms with E-state index >= 15 is 0 Å². The first-order chi connectivity index (χ1) is 10.6. The second-order valence-corrected chi connectivity index (χ2v) is 5.36. The summed E-state index contributed by atoms with van der Waals surface area (Å²) < 4.78 is 0.532. The van der Waals surface area contributed by atoms with Gasteiger partial charge in [0.15, 0.2) is 4.77 Å². The van der Waals surface area contributed by atoms with Crippen LogP contribution >= 0.6 is 12.2 Å². The third-order valence-electron chi connectivity index (χ3n) is 3.20. The van der Waals surface area contributed by atoms with Crippen LogP contribution < -0.4 is 5.43 Å². The number of rotatable bonds is 3. The Morgan fingerprint density at radius 3 is 2.82 bits per heavy atom. The van der Waals surface area contributed by atoms with Crippen LogP contribution in [0.15, 0.2) is 47.6 Å². The maximum absolute atomic E-state index is 12.1. The van der Waals surface area contributed by atoms with E-state index in [9.17, 15) is 4.79 Å². The van der Waals surface area contributed by atoms with Crippen molar-refractivity contribution >= 4 is 35.4 Å². The number of hydrogen-bond donors (Lipinski definition) is 3. The highest BCUT2D eigenvalue weighted by Crippen LogP contribution is 2.12. The van der Waals surface area contributed by atoms with Crippen molar-refractivity contribution in [3.8, 4) is 0 Å². The molecule has 3 N–H and O–H groups in total. The smallest absolute Gasteiger partial charge is 0.271 e. The summed E-state index contributed by atoms with van der Waals surface area (Å²) in [6.07, 6.45) is 1.62. The summed E-state index contributed by atoms with van der Waals surface area (Å²) in [6, 6.07) is 13.1. The van der Waals surface area contributed by atoms with E-state index in [0.717, 1.165) is 22.2 Å². The number of nitrogens with one attached hydrogen (secondary N) is 3. The van der Waals surface area contributed by atoms with Crippen LogP contribution in [0.3, 0.4) is 0 Å². The van der Waals surface area contributed by atoms with Crippen LogP contribution in [0.5, 0.6) is 0 Å². The lowest BCUT2D eigenvalue weighted by atomic mass is 10.2. The second-order valence-electron chi connectivity index (χ2n) is 4.95. The monoisotopic (exact) mass is 310 g/mol. The van der Waals surface area contributed by atoms with E-state index < -0.39 is 0 Å². The number of hydrazone groups is 1. The van der Waals surface area contributed by atoms with Crippen molar-refractivity contribution in [2.45, 2.75) is 6.92 Å². The summed E-state index contributed by atoms with van der Waals surface area (Å²) in [5, 5.41) is 3.98. The van der Waals surface area contributed by atoms with Crippen LogP contribution in [0.2, 0.25) is 0 Å². The second kappa shape index (κ2) is 5.95. The summed E-state index contributed by atoms with van der Waals surface area (Å²) in [7, 11) is 0. The largest absolute Gasteiger partial charge is 0.331 e. The number of imidazole rings is 1. The van der Waals surface area contributed by atoms with Gasteiger partial charge in [-0.3, -0.25) is 4.79 Å². The van der Waals surface area contributed by atoms with Crippen molar-refractivity contribution in [3.05, 3.63) is 63.9 Å². The number of aryl methyl sites for hydroxylation is 1. The highest BCUT2D eigenvalue weighted by molar-refractivity contribution is 7.71. The number of nitrogens with zero attached hydrogens (tertiary/aromatic N) is 1. The summed E-state index contributed by atoms with van der Waals surface area (Å²) >= 11 is 5.02. The van der Waals surface area contributed by atoms with E-state index in [1.54, 1.807) is 24.4 Å². The van der Waals surface area contributed by atoms with E-state index in [1.165, 1.54) is 0 Å². The molecule has 0 fully saturated rings. The molecule has 0 saturated heterocycles. The Morgan fingerprint density at radius 2 is 2.00 bits per heavy atom. The van der Waals surface area contributed by atoms with Crippen LogP contribution in [0.4, 0.5) is 0 Å². The Kier molecular flexibility index (Phi) is 3.84. The fraction of sp³-hybridized carbons (Fsp3) is 0.0625. The van der Waals surface area contributed by atoms with Crippen LogP contribution in [0, 0.1) is 11.7 Å². The maximum Gasteiger partial charge on any atom is 0.271 e. The van der Waals surface area contributed by atoms with Gasteiger partial charge < -0.3 is 9.97 Å². The topological polar surface area (TPSA) is 73.0 Å². The highest BCUT2D eigenvalue weighted by Gasteiger charge is 2.06. The predicted octanol–water partition coefficient (Wildman–Crippen LogP) is 3.30. The highest BCUT2D eigenvalue weighted by atomic mass is 32.1. The van der Waals surface area contributed by atoms with Gasteiger partial charge in [-0.1, -0.05) is 29.8 Å². The maximum atomic E-state index is 12.1. The minimum atomic E-state index is -0.272. The zero-order valence-electron chi connectivity index (χ0n) is 11.9. The molecular weight excluding hydrogens is 296 g/mol. The van der Waals surface area contributed by atoms with Crippen molar-refractivity contribution in [2.75, 3.05) is 0 Å². The molecule has 22 heavy (non-hydrogen) atoms. The van der Waals surface area contributed by atoms with Crippen molar-refractivity contribution in [3.63, 3.8) is 0 Å². The number of benzene rings is 2. The van der Waals surface area contributed by atoms with Gasteiger partial charge in [-0.15, -0.1) is 0 Å². The van der Waals surface area contributed by atoms with Crippen molar-refractivity contribution < 1.29 is 4.79 Å². The van der Waals surface area contributed by atoms with E-state index in [-0.39, 0.29) is 5.91 Å². The average molecular weight is 310 g/mol. The molecule has 6 heteroatoms. The number of hydrogen-bond acceptors (Lipinski definition) is 3.